The first kappa shape index (κ1) is 13.4. The van der Waals surface area contributed by atoms with E-state index in [1.54, 1.807) is 4.90 Å². The van der Waals surface area contributed by atoms with E-state index >= 15 is 0 Å². The van der Waals surface area contributed by atoms with Gasteiger partial charge in [-0.1, -0.05) is 36.4 Å². The maximum atomic E-state index is 12.4. The Morgan fingerprint density at radius 2 is 1.62 bits per heavy atom. The van der Waals surface area contributed by atoms with E-state index in [4.69, 9.17) is 0 Å². The number of nitrogens with zero attached hydrogens (tertiary/aromatic N) is 1. The Morgan fingerprint density at radius 1 is 1.00 bits per heavy atom. The van der Waals surface area contributed by atoms with Crippen molar-refractivity contribution in [2.45, 2.75) is 18.9 Å². The number of anilines is 2. The van der Waals surface area contributed by atoms with Crippen LogP contribution in [0.15, 0.2) is 60.7 Å². The summed E-state index contributed by atoms with van der Waals surface area (Å²) >= 11 is 0. The summed E-state index contributed by atoms with van der Waals surface area (Å²) in [5.74, 6) is -0.148. The molecular formula is C17H16N2O2. The van der Waals surface area contributed by atoms with Crippen LogP contribution in [0.25, 0.3) is 0 Å². The van der Waals surface area contributed by atoms with Crippen molar-refractivity contribution in [3.63, 3.8) is 0 Å². The largest absolute Gasteiger partial charge is 0.324 e. The highest BCUT2D eigenvalue weighted by atomic mass is 16.2. The average molecular weight is 280 g/mol. The lowest BCUT2D eigenvalue weighted by atomic mass is 10.2. The first-order chi connectivity index (χ1) is 10.3. The van der Waals surface area contributed by atoms with E-state index in [-0.39, 0.29) is 11.8 Å². The van der Waals surface area contributed by atoms with Crippen molar-refractivity contribution in [2.24, 2.45) is 0 Å². The molecule has 21 heavy (non-hydrogen) atoms. The van der Waals surface area contributed by atoms with Crippen LogP contribution in [0.4, 0.5) is 11.4 Å². The molecule has 0 spiro atoms. The Kier molecular flexibility index (Phi) is 3.69. The van der Waals surface area contributed by atoms with Gasteiger partial charge < -0.3 is 5.32 Å². The molecule has 1 aliphatic heterocycles. The second-order valence-electron chi connectivity index (χ2n) is 5.01. The molecule has 0 radical (unpaired) electrons. The van der Waals surface area contributed by atoms with Crippen LogP contribution in [0.1, 0.15) is 12.8 Å². The summed E-state index contributed by atoms with van der Waals surface area (Å²) in [7, 11) is 0. The molecule has 0 aromatic heterocycles. The molecule has 0 bridgehead atoms. The van der Waals surface area contributed by atoms with Crippen molar-refractivity contribution in [3.05, 3.63) is 60.7 Å². The fraction of sp³-hybridized carbons (Fsp3) is 0.176. The number of rotatable bonds is 3. The number of amides is 2. The molecule has 1 heterocycles. The minimum atomic E-state index is -0.444. The summed E-state index contributed by atoms with van der Waals surface area (Å²) < 4.78 is 0. The number of nitrogens with one attached hydrogen (secondary N) is 1. The standard InChI is InChI=1S/C17H16N2O2/c20-16-12-11-15(19(16)14-9-5-2-6-10-14)17(21)18-13-7-3-1-4-8-13/h1-10,15H,11-12H2,(H,18,21)/t15-/m0/s1. The van der Waals surface area contributed by atoms with Gasteiger partial charge in [0.15, 0.2) is 0 Å². The average Bonchev–Trinajstić information content (AvgIpc) is 2.91. The lowest BCUT2D eigenvalue weighted by Crippen LogP contribution is -2.41. The summed E-state index contributed by atoms with van der Waals surface area (Å²) in [4.78, 5) is 26.1. The van der Waals surface area contributed by atoms with Gasteiger partial charge in [-0.3, -0.25) is 14.5 Å². The van der Waals surface area contributed by atoms with Gasteiger partial charge in [-0.15, -0.1) is 0 Å². The molecule has 4 nitrogen and oxygen atoms in total. The molecule has 3 rings (SSSR count). The SMILES string of the molecule is O=C(Nc1ccccc1)[C@@H]1CCC(=O)N1c1ccccc1. The van der Waals surface area contributed by atoms with Crippen LogP contribution in [-0.2, 0) is 9.59 Å². The van der Waals surface area contributed by atoms with Gasteiger partial charge in [-0.2, -0.15) is 0 Å². The number of hydrogen-bond acceptors (Lipinski definition) is 2. The Labute approximate surface area is 123 Å². The monoisotopic (exact) mass is 280 g/mol. The molecule has 0 unspecified atom stereocenters. The summed E-state index contributed by atoms with van der Waals surface area (Å²) in [6.07, 6.45) is 0.953. The molecule has 2 amide bonds. The Balaban J connectivity index is 1.80. The zero-order chi connectivity index (χ0) is 14.7. The van der Waals surface area contributed by atoms with Crippen LogP contribution < -0.4 is 10.2 Å². The summed E-state index contributed by atoms with van der Waals surface area (Å²) in [5, 5.41) is 2.87. The number of para-hydroxylation sites is 2. The van der Waals surface area contributed by atoms with E-state index in [1.807, 2.05) is 60.7 Å². The Morgan fingerprint density at radius 3 is 2.29 bits per heavy atom. The third kappa shape index (κ3) is 2.79. The molecular weight excluding hydrogens is 264 g/mol. The lowest BCUT2D eigenvalue weighted by Gasteiger charge is -2.24. The Bertz CT molecular complexity index is 640. The number of carbonyl (C=O) groups is 2. The zero-order valence-electron chi connectivity index (χ0n) is 11.5. The minimum absolute atomic E-state index is 0.00517. The summed E-state index contributed by atoms with van der Waals surface area (Å²) in [6.45, 7) is 0. The van der Waals surface area contributed by atoms with Gasteiger partial charge in [0, 0.05) is 17.8 Å². The molecule has 1 saturated heterocycles. The fourth-order valence-electron chi connectivity index (χ4n) is 2.59. The van der Waals surface area contributed by atoms with Crippen molar-refractivity contribution < 1.29 is 9.59 Å². The number of hydrogen-bond donors (Lipinski definition) is 1. The summed E-state index contributed by atoms with van der Waals surface area (Å²) in [5.41, 5.74) is 1.52. The molecule has 1 fully saturated rings. The molecule has 1 aliphatic rings. The van der Waals surface area contributed by atoms with Crippen molar-refractivity contribution >= 4 is 23.2 Å². The maximum Gasteiger partial charge on any atom is 0.247 e. The van der Waals surface area contributed by atoms with Gasteiger partial charge in [-0.05, 0) is 30.7 Å². The second-order valence-corrected chi connectivity index (χ2v) is 5.01. The van der Waals surface area contributed by atoms with Crippen LogP contribution in [-0.4, -0.2) is 17.9 Å². The third-order valence-electron chi connectivity index (χ3n) is 3.59. The highest BCUT2D eigenvalue weighted by molar-refractivity contribution is 6.07. The van der Waals surface area contributed by atoms with E-state index in [0.29, 0.717) is 12.8 Å². The Hall–Kier alpha value is -2.62. The third-order valence-corrected chi connectivity index (χ3v) is 3.59. The lowest BCUT2D eigenvalue weighted by molar-refractivity contribution is -0.120. The molecule has 1 N–H and O–H groups in total. The van der Waals surface area contributed by atoms with Crippen molar-refractivity contribution in [1.82, 2.24) is 0 Å². The number of benzene rings is 2. The van der Waals surface area contributed by atoms with Crippen molar-refractivity contribution in [3.8, 4) is 0 Å². The molecule has 2 aromatic carbocycles. The van der Waals surface area contributed by atoms with E-state index in [9.17, 15) is 9.59 Å². The van der Waals surface area contributed by atoms with Gasteiger partial charge in [0.1, 0.15) is 6.04 Å². The van der Waals surface area contributed by atoms with Crippen LogP contribution >= 0.6 is 0 Å². The highest BCUT2D eigenvalue weighted by Gasteiger charge is 2.36. The van der Waals surface area contributed by atoms with E-state index in [1.165, 1.54) is 0 Å². The predicted octanol–water partition coefficient (Wildman–Crippen LogP) is 2.82. The highest BCUT2D eigenvalue weighted by Crippen LogP contribution is 2.27. The molecule has 106 valence electrons. The summed E-state index contributed by atoms with van der Waals surface area (Å²) in [6, 6.07) is 18.2. The van der Waals surface area contributed by atoms with Gasteiger partial charge in [0.2, 0.25) is 11.8 Å². The van der Waals surface area contributed by atoms with Gasteiger partial charge >= 0.3 is 0 Å². The fourth-order valence-corrected chi connectivity index (χ4v) is 2.59. The molecule has 0 aliphatic carbocycles. The molecule has 2 aromatic rings. The minimum Gasteiger partial charge on any atom is -0.324 e. The topological polar surface area (TPSA) is 49.4 Å². The quantitative estimate of drug-likeness (QED) is 0.940. The zero-order valence-corrected chi connectivity index (χ0v) is 11.5. The van der Waals surface area contributed by atoms with E-state index in [2.05, 4.69) is 5.32 Å². The molecule has 0 saturated carbocycles. The first-order valence-electron chi connectivity index (χ1n) is 6.99. The van der Waals surface area contributed by atoms with Crippen LogP contribution in [0.3, 0.4) is 0 Å². The maximum absolute atomic E-state index is 12.4. The van der Waals surface area contributed by atoms with Gasteiger partial charge in [0.25, 0.3) is 0 Å². The molecule has 1 atom stereocenters. The predicted molar refractivity (Wildman–Crippen MR) is 82.0 cm³/mol. The number of carbonyl (C=O) groups excluding carboxylic acids is 2. The van der Waals surface area contributed by atoms with Crippen LogP contribution in [0.5, 0.6) is 0 Å². The normalized spacial score (nSPS) is 17.8. The first-order valence-corrected chi connectivity index (χ1v) is 6.99. The second kappa shape index (κ2) is 5.79. The smallest absolute Gasteiger partial charge is 0.247 e. The van der Waals surface area contributed by atoms with Gasteiger partial charge in [0.05, 0.1) is 0 Å². The van der Waals surface area contributed by atoms with Crippen molar-refractivity contribution in [1.29, 1.82) is 0 Å². The van der Waals surface area contributed by atoms with Crippen LogP contribution in [0.2, 0.25) is 0 Å². The van der Waals surface area contributed by atoms with E-state index in [0.717, 1.165) is 11.4 Å². The molecule has 4 heteroatoms. The van der Waals surface area contributed by atoms with E-state index < -0.39 is 6.04 Å². The van der Waals surface area contributed by atoms with Gasteiger partial charge in [-0.25, -0.2) is 0 Å². The van der Waals surface area contributed by atoms with Crippen molar-refractivity contribution in [2.75, 3.05) is 10.2 Å². The van der Waals surface area contributed by atoms with Crippen LogP contribution in [0, 0.1) is 0 Å².